The maximum Gasteiger partial charge on any atom is 0.113 e. The summed E-state index contributed by atoms with van der Waals surface area (Å²) in [6.07, 6.45) is 9.30. The molecule has 126 valence electrons. The summed E-state index contributed by atoms with van der Waals surface area (Å²) in [5.41, 5.74) is -0.0428. The van der Waals surface area contributed by atoms with Gasteiger partial charge in [-0.15, -0.1) is 0 Å². The molecule has 1 atom stereocenters. The average molecular weight is 308 g/mol. The summed E-state index contributed by atoms with van der Waals surface area (Å²) in [7, 11) is 0. The molecule has 1 aromatic carbocycles. The highest BCUT2D eigenvalue weighted by atomic mass is 16.5. The van der Waals surface area contributed by atoms with Gasteiger partial charge in [-0.1, -0.05) is 82.2 Å². The van der Waals surface area contributed by atoms with Crippen LogP contribution in [0.25, 0.3) is 0 Å². The van der Waals surface area contributed by atoms with E-state index in [2.05, 4.69) is 6.92 Å². The molecule has 3 heteroatoms. The van der Waals surface area contributed by atoms with Crippen molar-refractivity contribution in [1.82, 2.24) is 0 Å². The predicted octanol–water partition coefficient (Wildman–Crippen LogP) is 4.02. The molecule has 0 aromatic heterocycles. The monoisotopic (exact) mass is 308 g/mol. The summed E-state index contributed by atoms with van der Waals surface area (Å²) in [6.45, 7) is 2.73. The van der Waals surface area contributed by atoms with Gasteiger partial charge in [0.25, 0.3) is 0 Å². The van der Waals surface area contributed by atoms with Crippen molar-refractivity contribution in [3.63, 3.8) is 0 Å². The van der Waals surface area contributed by atoms with Crippen molar-refractivity contribution in [3.8, 4) is 0 Å². The van der Waals surface area contributed by atoms with Crippen LogP contribution in [0.1, 0.15) is 63.9 Å². The third kappa shape index (κ3) is 7.39. The number of unbranched alkanes of at least 4 members (excludes halogenated alkanes) is 6. The lowest BCUT2D eigenvalue weighted by Crippen LogP contribution is -2.32. The highest BCUT2D eigenvalue weighted by molar-refractivity contribution is 5.22. The standard InChI is InChI=1S/C19H32O3/c1-2-3-4-5-6-7-11-14-19(21,17-22-16-15-20)18-12-9-8-10-13-18/h8-10,12-13,20-21H,2-7,11,14-17H2,1H3. The zero-order valence-electron chi connectivity index (χ0n) is 14.0. The van der Waals surface area contributed by atoms with Crippen molar-refractivity contribution >= 4 is 0 Å². The molecule has 0 radical (unpaired) electrons. The van der Waals surface area contributed by atoms with Gasteiger partial charge in [0, 0.05) is 0 Å². The van der Waals surface area contributed by atoms with E-state index in [0.717, 1.165) is 18.4 Å². The van der Waals surface area contributed by atoms with Gasteiger partial charge in [0.1, 0.15) is 5.60 Å². The summed E-state index contributed by atoms with van der Waals surface area (Å²) in [5, 5.41) is 19.8. The molecule has 0 bridgehead atoms. The molecule has 0 amide bonds. The van der Waals surface area contributed by atoms with Crippen LogP contribution in [0.5, 0.6) is 0 Å². The van der Waals surface area contributed by atoms with Crippen LogP contribution in [0, 0.1) is 0 Å². The highest BCUT2D eigenvalue weighted by Gasteiger charge is 2.28. The molecule has 0 fully saturated rings. The highest BCUT2D eigenvalue weighted by Crippen LogP contribution is 2.28. The number of aliphatic hydroxyl groups excluding tert-OH is 1. The normalized spacial score (nSPS) is 14.0. The second-order valence-corrected chi connectivity index (χ2v) is 6.05. The van der Waals surface area contributed by atoms with Crippen LogP contribution in [0.15, 0.2) is 30.3 Å². The van der Waals surface area contributed by atoms with Crippen molar-refractivity contribution in [1.29, 1.82) is 0 Å². The van der Waals surface area contributed by atoms with Crippen molar-refractivity contribution in [2.24, 2.45) is 0 Å². The van der Waals surface area contributed by atoms with Gasteiger partial charge >= 0.3 is 0 Å². The molecule has 1 rings (SSSR count). The summed E-state index contributed by atoms with van der Waals surface area (Å²) >= 11 is 0. The smallest absolute Gasteiger partial charge is 0.113 e. The average Bonchev–Trinajstić information content (AvgIpc) is 2.55. The second-order valence-electron chi connectivity index (χ2n) is 6.05. The maximum atomic E-state index is 10.9. The minimum absolute atomic E-state index is 0.0116. The number of benzene rings is 1. The Kier molecular flexibility index (Phi) is 10.1. The largest absolute Gasteiger partial charge is 0.394 e. The first-order valence-corrected chi connectivity index (χ1v) is 8.69. The third-order valence-corrected chi connectivity index (χ3v) is 4.08. The Morgan fingerprint density at radius 3 is 2.23 bits per heavy atom. The van der Waals surface area contributed by atoms with Gasteiger partial charge in [-0.2, -0.15) is 0 Å². The number of ether oxygens (including phenoxy) is 1. The van der Waals surface area contributed by atoms with Gasteiger partial charge in [-0.05, 0) is 12.0 Å². The minimum Gasteiger partial charge on any atom is -0.394 e. The topological polar surface area (TPSA) is 49.7 Å². The quantitative estimate of drug-likeness (QED) is 0.541. The predicted molar refractivity (Wildman–Crippen MR) is 90.9 cm³/mol. The van der Waals surface area contributed by atoms with E-state index in [9.17, 15) is 5.11 Å². The van der Waals surface area contributed by atoms with Gasteiger partial charge < -0.3 is 14.9 Å². The van der Waals surface area contributed by atoms with Crippen LogP contribution in [-0.2, 0) is 10.3 Å². The fraction of sp³-hybridized carbons (Fsp3) is 0.684. The van der Waals surface area contributed by atoms with Gasteiger partial charge in [0.05, 0.1) is 19.8 Å². The van der Waals surface area contributed by atoms with E-state index in [1.54, 1.807) is 0 Å². The molecule has 0 saturated carbocycles. The van der Waals surface area contributed by atoms with E-state index in [0.29, 0.717) is 6.42 Å². The van der Waals surface area contributed by atoms with Gasteiger partial charge in [-0.3, -0.25) is 0 Å². The van der Waals surface area contributed by atoms with Crippen LogP contribution in [0.2, 0.25) is 0 Å². The Hall–Kier alpha value is -0.900. The lowest BCUT2D eigenvalue weighted by molar-refractivity contribution is -0.0636. The van der Waals surface area contributed by atoms with Crippen LogP contribution >= 0.6 is 0 Å². The Bertz CT molecular complexity index is 366. The van der Waals surface area contributed by atoms with Crippen molar-refractivity contribution < 1.29 is 14.9 Å². The van der Waals surface area contributed by atoms with Crippen LogP contribution in [0.4, 0.5) is 0 Å². The first-order chi connectivity index (χ1) is 10.7. The first kappa shape index (κ1) is 19.1. The number of hydrogen-bond acceptors (Lipinski definition) is 3. The third-order valence-electron chi connectivity index (χ3n) is 4.08. The molecule has 0 spiro atoms. The summed E-state index contributed by atoms with van der Waals surface area (Å²) in [5.74, 6) is 0. The van der Waals surface area contributed by atoms with E-state index in [4.69, 9.17) is 9.84 Å². The SMILES string of the molecule is CCCCCCCCCC(O)(COCCO)c1ccccc1. The van der Waals surface area contributed by atoms with Gasteiger partial charge in [0.2, 0.25) is 0 Å². The van der Waals surface area contributed by atoms with Crippen LogP contribution in [-0.4, -0.2) is 30.0 Å². The molecular formula is C19H32O3. The first-order valence-electron chi connectivity index (χ1n) is 8.69. The van der Waals surface area contributed by atoms with E-state index in [-0.39, 0.29) is 19.8 Å². The van der Waals surface area contributed by atoms with E-state index < -0.39 is 5.60 Å². The van der Waals surface area contributed by atoms with Gasteiger partial charge in [-0.25, -0.2) is 0 Å². The molecule has 3 nitrogen and oxygen atoms in total. The van der Waals surface area contributed by atoms with Crippen LogP contribution < -0.4 is 0 Å². The lowest BCUT2D eigenvalue weighted by Gasteiger charge is -2.28. The molecule has 0 aliphatic rings. The Balaban J connectivity index is 2.42. The summed E-state index contributed by atoms with van der Waals surface area (Å²) in [4.78, 5) is 0. The molecule has 1 unspecified atom stereocenters. The van der Waals surface area contributed by atoms with Crippen molar-refractivity contribution in [3.05, 3.63) is 35.9 Å². The van der Waals surface area contributed by atoms with Crippen molar-refractivity contribution in [2.75, 3.05) is 19.8 Å². The molecular weight excluding hydrogens is 276 g/mol. The lowest BCUT2D eigenvalue weighted by atomic mass is 9.89. The van der Waals surface area contributed by atoms with E-state index >= 15 is 0 Å². The zero-order valence-corrected chi connectivity index (χ0v) is 14.0. The molecule has 22 heavy (non-hydrogen) atoms. The van der Waals surface area contributed by atoms with Crippen LogP contribution in [0.3, 0.4) is 0 Å². The maximum absolute atomic E-state index is 10.9. The fourth-order valence-electron chi connectivity index (χ4n) is 2.73. The second kappa shape index (κ2) is 11.6. The molecule has 1 aromatic rings. The Morgan fingerprint density at radius 2 is 1.59 bits per heavy atom. The Morgan fingerprint density at radius 1 is 0.955 bits per heavy atom. The molecule has 0 aliphatic heterocycles. The summed E-state index contributed by atoms with van der Waals surface area (Å²) in [6, 6.07) is 9.73. The molecule has 0 aliphatic carbocycles. The number of rotatable bonds is 13. The fourth-order valence-corrected chi connectivity index (χ4v) is 2.73. The molecule has 2 N–H and O–H groups in total. The molecule has 0 heterocycles. The summed E-state index contributed by atoms with van der Waals surface area (Å²) < 4.78 is 5.41. The van der Waals surface area contributed by atoms with Gasteiger partial charge in [0.15, 0.2) is 0 Å². The molecule has 0 saturated heterocycles. The Labute approximate surface area is 135 Å². The minimum atomic E-state index is -0.945. The van der Waals surface area contributed by atoms with E-state index in [1.807, 2.05) is 30.3 Å². The number of hydrogen-bond donors (Lipinski definition) is 2. The number of aliphatic hydroxyl groups is 2. The zero-order chi connectivity index (χ0) is 16.1. The van der Waals surface area contributed by atoms with E-state index in [1.165, 1.54) is 32.1 Å². The van der Waals surface area contributed by atoms with Crippen molar-refractivity contribution in [2.45, 2.75) is 63.9 Å².